The van der Waals surface area contributed by atoms with Crippen LogP contribution in [0, 0.1) is 0 Å². The lowest BCUT2D eigenvalue weighted by Crippen LogP contribution is -2.54. The lowest BCUT2D eigenvalue weighted by atomic mass is 10.0. The number of carbonyl (C=O) groups is 1. The number of nitrogens with zero attached hydrogens (tertiary/aromatic N) is 5. The van der Waals surface area contributed by atoms with Crippen molar-refractivity contribution in [2.75, 3.05) is 11.4 Å². The molecule has 0 amide bonds. The number of halogens is 3. The molecule has 1 aliphatic heterocycles. The van der Waals surface area contributed by atoms with Gasteiger partial charge in [0.1, 0.15) is 12.4 Å². The number of ketones is 1. The summed E-state index contributed by atoms with van der Waals surface area (Å²) in [6.07, 6.45) is -2.29. The Hall–Kier alpha value is -4.34. The summed E-state index contributed by atoms with van der Waals surface area (Å²) < 4.78 is 43.2. The summed E-state index contributed by atoms with van der Waals surface area (Å²) in [5, 5.41) is 0. The van der Waals surface area contributed by atoms with Gasteiger partial charge < -0.3 is 4.90 Å². The van der Waals surface area contributed by atoms with Crippen LogP contribution in [0.3, 0.4) is 0 Å². The van der Waals surface area contributed by atoms with Gasteiger partial charge in [-0.2, -0.15) is 13.2 Å². The highest BCUT2D eigenvalue weighted by Gasteiger charge is 2.47. The van der Waals surface area contributed by atoms with Crippen LogP contribution < -0.4 is 10.5 Å². The number of hydrogen-bond acceptors (Lipinski definition) is 6. The number of carbonyl (C=O) groups excluding carboxylic acids is 1. The molecule has 0 fully saturated rings. The first-order valence-electron chi connectivity index (χ1n) is 11.2. The molecular formula is C26H20F3N5O2. The van der Waals surface area contributed by atoms with E-state index in [0.29, 0.717) is 5.69 Å². The Morgan fingerprint density at radius 3 is 2.36 bits per heavy atom. The quantitative estimate of drug-likeness (QED) is 0.385. The van der Waals surface area contributed by atoms with Crippen molar-refractivity contribution in [2.24, 2.45) is 0 Å². The van der Waals surface area contributed by atoms with E-state index in [1.807, 2.05) is 30.3 Å². The van der Waals surface area contributed by atoms with E-state index in [1.165, 1.54) is 29.2 Å². The zero-order valence-electron chi connectivity index (χ0n) is 18.9. The first kappa shape index (κ1) is 23.4. The molecule has 5 rings (SSSR count). The second-order valence-corrected chi connectivity index (χ2v) is 8.37. The molecule has 36 heavy (non-hydrogen) atoms. The van der Waals surface area contributed by atoms with Gasteiger partial charge in [0, 0.05) is 24.4 Å². The molecule has 0 spiro atoms. The van der Waals surface area contributed by atoms with Gasteiger partial charge >= 0.3 is 6.18 Å². The smallest absolute Gasteiger partial charge is 0.322 e. The molecule has 0 N–H and O–H groups in total. The first-order valence-corrected chi connectivity index (χ1v) is 11.2. The van der Waals surface area contributed by atoms with Gasteiger partial charge in [0.25, 0.3) is 5.56 Å². The fraction of sp³-hybridized carbons (Fsp3) is 0.192. The van der Waals surface area contributed by atoms with Crippen molar-refractivity contribution < 1.29 is 18.0 Å². The Morgan fingerprint density at radius 1 is 0.972 bits per heavy atom. The maximum atomic E-state index is 14.0. The first-order chi connectivity index (χ1) is 17.3. The van der Waals surface area contributed by atoms with Gasteiger partial charge in [-0.3, -0.25) is 14.2 Å². The van der Waals surface area contributed by atoms with Crippen molar-refractivity contribution in [1.82, 2.24) is 19.5 Å². The molecule has 182 valence electrons. The van der Waals surface area contributed by atoms with Crippen molar-refractivity contribution in [2.45, 2.75) is 25.2 Å². The summed E-state index contributed by atoms with van der Waals surface area (Å²) in [7, 11) is 0. The van der Waals surface area contributed by atoms with E-state index in [9.17, 15) is 22.8 Å². The number of anilines is 1. The van der Waals surface area contributed by atoms with Crippen LogP contribution in [0.15, 0.2) is 84.0 Å². The zero-order chi connectivity index (χ0) is 25.3. The third-order valence-electron chi connectivity index (χ3n) is 6.10. The molecule has 0 saturated carbocycles. The minimum absolute atomic E-state index is 0.112. The summed E-state index contributed by atoms with van der Waals surface area (Å²) in [6.45, 7) is -0.750. The largest absolute Gasteiger partial charge is 0.408 e. The van der Waals surface area contributed by atoms with E-state index in [0.717, 1.165) is 16.0 Å². The maximum Gasteiger partial charge on any atom is 0.408 e. The highest BCUT2D eigenvalue weighted by atomic mass is 19.4. The molecule has 0 aliphatic carbocycles. The van der Waals surface area contributed by atoms with E-state index >= 15 is 0 Å². The zero-order valence-corrected chi connectivity index (χ0v) is 18.9. The van der Waals surface area contributed by atoms with Gasteiger partial charge in [-0.1, -0.05) is 54.6 Å². The van der Waals surface area contributed by atoms with Crippen LogP contribution in [-0.2, 0) is 6.54 Å². The van der Waals surface area contributed by atoms with Crippen LogP contribution in [0.5, 0.6) is 0 Å². The van der Waals surface area contributed by atoms with Crippen LogP contribution in [-0.4, -0.2) is 44.1 Å². The number of aromatic nitrogens is 4. The third-order valence-corrected chi connectivity index (χ3v) is 6.10. The molecule has 0 saturated heterocycles. The minimum atomic E-state index is -4.62. The van der Waals surface area contributed by atoms with Crippen molar-refractivity contribution in [3.63, 3.8) is 0 Å². The van der Waals surface area contributed by atoms with Gasteiger partial charge in [-0.05, 0) is 23.6 Å². The van der Waals surface area contributed by atoms with Crippen LogP contribution in [0.25, 0.3) is 22.5 Å². The molecule has 10 heteroatoms. The van der Waals surface area contributed by atoms with Crippen LogP contribution in [0.1, 0.15) is 16.8 Å². The van der Waals surface area contributed by atoms with Crippen molar-refractivity contribution in [3.8, 4) is 22.5 Å². The van der Waals surface area contributed by atoms with Gasteiger partial charge in [0.05, 0.1) is 17.9 Å². The lowest BCUT2D eigenvalue weighted by Gasteiger charge is -2.38. The Morgan fingerprint density at radius 2 is 1.69 bits per heavy atom. The molecule has 2 aromatic carbocycles. The monoisotopic (exact) mass is 491 g/mol. The minimum Gasteiger partial charge on any atom is -0.322 e. The molecule has 1 atom stereocenters. The summed E-state index contributed by atoms with van der Waals surface area (Å²) >= 11 is 0. The predicted octanol–water partition coefficient (Wildman–Crippen LogP) is 4.39. The van der Waals surface area contributed by atoms with Crippen molar-refractivity contribution in [1.29, 1.82) is 0 Å². The van der Waals surface area contributed by atoms with Gasteiger partial charge in [0.2, 0.25) is 5.95 Å². The summed E-state index contributed by atoms with van der Waals surface area (Å²) in [5.41, 5.74) is 2.00. The summed E-state index contributed by atoms with van der Waals surface area (Å²) in [4.78, 5) is 39.0. The molecule has 1 aliphatic rings. The average Bonchev–Trinajstić information content (AvgIpc) is 2.89. The van der Waals surface area contributed by atoms with Crippen molar-refractivity contribution in [3.05, 3.63) is 95.2 Å². The fourth-order valence-electron chi connectivity index (χ4n) is 4.29. The van der Waals surface area contributed by atoms with E-state index in [1.54, 1.807) is 24.3 Å². The van der Waals surface area contributed by atoms with Gasteiger partial charge in [0.15, 0.2) is 5.78 Å². The summed E-state index contributed by atoms with van der Waals surface area (Å²) in [5.74, 6) is -0.724. The highest BCUT2D eigenvalue weighted by Crippen LogP contribution is 2.34. The number of Topliss-reactive ketones (excluding diaryl/α,β-unsaturated/α-hetero) is 1. The second kappa shape index (κ2) is 9.37. The van der Waals surface area contributed by atoms with Crippen LogP contribution in [0.4, 0.5) is 19.1 Å². The standard InChI is InChI=1S/C26H20F3N5O2/c27-26(28,29)23-11-13-33-24(36)14-21(20-10-12-30-16-31-20)32-25(33)34(23)15-22(35)19-8-6-18(7-9-19)17-4-2-1-3-5-17/h1-10,12,14,16,23H,11,13,15H2. The number of alkyl halides is 3. The number of rotatable bonds is 5. The van der Waals surface area contributed by atoms with Crippen LogP contribution >= 0.6 is 0 Å². The van der Waals surface area contributed by atoms with Crippen LogP contribution in [0.2, 0.25) is 0 Å². The van der Waals surface area contributed by atoms with E-state index in [4.69, 9.17) is 0 Å². The highest BCUT2D eigenvalue weighted by molar-refractivity contribution is 5.99. The Labute approximate surface area is 203 Å². The molecule has 4 aromatic rings. The molecular weight excluding hydrogens is 471 g/mol. The van der Waals surface area contributed by atoms with Gasteiger partial charge in [-0.25, -0.2) is 15.0 Å². The molecule has 7 nitrogen and oxygen atoms in total. The number of benzene rings is 2. The SMILES string of the molecule is O=C(CN1c2nc(-c3ccncn3)cc(=O)n2CCC1C(F)(F)F)c1ccc(-c2ccccc2)cc1. The maximum absolute atomic E-state index is 14.0. The molecule has 3 heterocycles. The average molecular weight is 491 g/mol. The Balaban J connectivity index is 1.50. The number of fused-ring (bicyclic) bond motifs is 1. The third kappa shape index (κ3) is 4.61. The van der Waals surface area contributed by atoms with E-state index in [2.05, 4.69) is 15.0 Å². The number of hydrogen-bond donors (Lipinski definition) is 0. The molecule has 1 unspecified atom stereocenters. The topological polar surface area (TPSA) is 81.0 Å². The lowest BCUT2D eigenvalue weighted by molar-refractivity contribution is -0.152. The van der Waals surface area contributed by atoms with Gasteiger partial charge in [-0.15, -0.1) is 0 Å². The summed E-state index contributed by atoms with van der Waals surface area (Å²) in [6, 6.07) is 17.0. The van der Waals surface area contributed by atoms with E-state index in [-0.39, 0.29) is 30.2 Å². The Kier molecular flexibility index (Phi) is 6.09. The molecule has 0 bridgehead atoms. The Bertz CT molecular complexity index is 1440. The normalized spacial score (nSPS) is 15.4. The van der Waals surface area contributed by atoms with Crippen molar-refractivity contribution >= 4 is 11.7 Å². The van der Waals surface area contributed by atoms with E-state index < -0.39 is 30.1 Å². The second-order valence-electron chi connectivity index (χ2n) is 8.37. The molecule has 2 aromatic heterocycles. The molecule has 0 radical (unpaired) electrons. The fourth-order valence-corrected chi connectivity index (χ4v) is 4.29. The predicted molar refractivity (Wildman–Crippen MR) is 128 cm³/mol.